The summed E-state index contributed by atoms with van der Waals surface area (Å²) in [5.74, 6) is 0. The van der Waals surface area contributed by atoms with Crippen LogP contribution in [0.25, 0.3) is 0 Å². The SMILES string of the molecule is CCOC(CCn1cccc(C)c1=O)OCC. The Bertz CT molecular complexity index is 380. The van der Waals surface area contributed by atoms with Gasteiger partial charge in [-0.1, -0.05) is 6.07 Å². The fourth-order valence-electron chi connectivity index (χ4n) is 1.66. The van der Waals surface area contributed by atoms with Crippen LogP contribution in [0.2, 0.25) is 0 Å². The molecule has 0 aromatic carbocycles. The molecule has 1 heterocycles. The minimum atomic E-state index is -0.225. The summed E-state index contributed by atoms with van der Waals surface area (Å²) in [5.41, 5.74) is 0.816. The Morgan fingerprint density at radius 3 is 2.53 bits per heavy atom. The van der Waals surface area contributed by atoms with Crippen molar-refractivity contribution < 1.29 is 9.47 Å². The van der Waals surface area contributed by atoms with Crippen LogP contribution in [0, 0.1) is 6.92 Å². The quantitative estimate of drug-likeness (QED) is 0.683. The van der Waals surface area contributed by atoms with Crippen LogP contribution < -0.4 is 5.56 Å². The van der Waals surface area contributed by atoms with Crippen LogP contribution in [-0.4, -0.2) is 24.1 Å². The standard InChI is InChI=1S/C13H21NO3/c1-4-16-12(17-5-2)8-10-14-9-6-7-11(3)13(14)15/h6-7,9,12H,4-5,8,10H2,1-3H3. The average molecular weight is 239 g/mol. The Hall–Kier alpha value is -1.13. The van der Waals surface area contributed by atoms with Gasteiger partial charge in [0.05, 0.1) is 0 Å². The maximum atomic E-state index is 11.8. The van der Waals surface area contributed by atoms with E-state index in [1.165, 1.54) is 0 Å². The fraction of sp³-hybridized carbons (Fsp3) is 0.615. The molecule has 1 rings (SSSR count). The summed E-state index contributed by atoms with van der Waals surface area (Å²) in [6.07, 6.45) is 2.26. The zero-order valence-electron chi connectivity index (χ0n) is 10.8. The number of aromatic nitrogens is 1. The maximum absolute atomic E-state index is 11.8. The van der Waals surface area contributed by atoms with Crippen molar-refractivity contribution in [2.45, 2.75) is 40.0 Å². The molecule has 4 nitrogen and oxygen atoms in total. The fourth-order valence-corrected chi connectivity index (χ4v) is 1.66. The van der Waals surface area contributed by atoms with E-state index in [1.807, 2.05) is 32.9 Å². The Balaban J connectivity index is 2.59. The Kier molecular flexibility index (Phi) is 5.94. The molecule has 0 atom stereocenters. The van der Waals surface area contributed by atoms with Crippen molar-refractivity contribution in [1.82, 2.24) is 4.57 Å². The first-order valence-electron chi connectivity index (χ1n) is 6.08. The predicted octanol–water partition coefficient (Wildman–Crippen LogP) is 1.95. The Labute approximate surface area is 102 Å². The highest BCUT2D eigenvalue weighted by Crippen LogP contribution is 2.03. The second-order valence-corrected chi connectivity index (χ2v) is 3.82. The van der Waals surface area contributed by atoms with Gasteiger partial charge in [0.25, 0.3) is 5.56 Å². The van der Waals surface area contributed by atoms with Crippen molar-refractivity contribution in [2.75, 3.05) is 13.2 Å². The molecule has 0 unspecified atom stereocenters. The third-order valence-electron chi connectivity index (χ3n) is 2.52. The van der Waals surface area contributed by atoms with Crippen LogP contribution in [0.3, 0.4) is 0 Å². The van der Waals surface area contributed by atoms with Crippen LogP contribution in [0.5, 0.6) is 0 Å². The summed E-state index contributed by atoms with van der Waals surface area (Å²) in [6.45, 7) is 7.54. The summed E-state index contributed by atoms with van der Waals surface area (Å²) in [4.78, 5) is 11.8. The Morgan fingerprint density at radius 2 is 1.94 bits per heavy atom. The monoisotopic (exact) mass is 239 g/mol. The molecule has 0 aliphatic heterocycles. The molecule has 1 aromatic heterocycles. The molecule has 17 heavy (non-hydrogen) atoms. The highest BCUT2D eigenvalue weighted by Gasteiger charge is 2.08. The molecule has 0 aliphatic rings. The lowest BCUT2D eigenvalue weighted by Crippen LogP contribution is -2.25. The van der Waals surface area contributed by atoms with E-state index in [9.17, 15) is 4.79 Å². The first-order chi connectivity index (χ1) is 8.19. The van der Waals surface area contributed by atoms with Gasteiger partial charge in [0, 0.05) is 37.9 Å². The largest absolute Gasteiger partial charge is 0.353 e. The molecule has 0 fully saturated rings. The van der Waals surface area contributed by atoms with Crippen molar-refractivity contribution in [2.24, 2.45) is 0 Å². The molecule has 1 aromatic rings. The van der Waals surface area contributed by atoms with Gasteiger partial charge in [-0.15, -0.1) is 0 Å². The molecule has 0 saturated heterocycles. The van der Waals surface area contributed by atoms with Crippen LogP contribution in [0.15, 0.2) is 23.1 Å². The molecular formula is C13H21NO3. The van der Waals surface area contributed by atoms with Crippen molar-refractivity contribution in [3.63, 3.8) is 0 Å². The van der Waals surface area contributed by atoms with Gasteiger partial charge in [0.2, 0.25) is 0 Å². The van der Waals surface area contributed by atoms with E-state index in [0.717, 1.165) is 5.56 Å². The molecular weight excluding hydrogens is 218 g/mol. The summed E-state index contributed by atoms with van der Waals surface area (Å²) in [6, 6.07) is 3.70. The number of rotatable bonds is 7. The summed E-state index contributed by atoms with van der Waals surface area (Å²) < 4.78 is 12.6. The molecule has 96 valence electrons. The lowest BCUT2D eigenvalue weighted by Gasteiger charge is -2.17. The van der Waals surface area contributed by atoms with Crippen molar-refractivity contribution in [3.05, 3.63) is 34.2 Å². The number of ether oxygens (including phenoxy) is 2. The van der Waals surface area contributed by atoms with Gasteiger partial charge in [-0.3, -0.25) is 4.79 Å². The zero-order valence-corrected chi connectivity index (χ0v) is 10.8. The molecule has 0 bridgehead atoms. The van der Waals surface area contributed by atoms with E-state index in [-0.39, 0.29) is 11.8 Å². The van der Waals surface area contributed by atoms with E-state index in [1.54, 1.807) is 10.8 Å². The first kappa shape index (κ1) is 13.9. The van der Waals surface area contributed by atoms with Gasteiger partial charge in [0.1, 0.15) is 0 Å². The summed E-state index contributed by atoms with van der Waals surface area (Å²) in [7, 11) is 0. The van der Waals surface area contributed by atoms with Gasteiger partial charge in [-0.25, -0.2) is 0 Å². The lowest BCUT2D eigenvalue weighted by molar-refractivity contribution is -0.141. The second kappa shape index (κ2) is 7.25. The molecule has 0 N–H and O–H groups in total. The van der Waals surface area contributed by atoms with Crippen LogP contribution >= 0.6 is 0 Å². The van der Waals surface area contributed by atoms with Crippen molar-refractivity contribution >= 4 is 0 Å². The zero-order chi connectivity index (χ0) is 12.7. The van der Waals surface area contributed by atoms with E-state index in [4.69, 9.17) is 9.47 Å². The topological polar surface area (TPSA) is 40.5 Å². The average Bonchev–Trinajstić information content (AvgIpc) is 2.31. The lowest BCUT2D eigenvalue weighted by atomic mass is 10.3. The van der Waals surface area contributed by atoms with Crippen LogP contribution in [-0.2, 0) is 16.0 Å². The van der Waals surface area contributed by atoms with Crippen LogP contribution in [0.4, 0.5) is 0 Å². The minimum absolute atomic E-state index is 0.0549. The van der Waals surface area contributed by atoms with Crippen molar-refractivity contribution in [3.8, 4) is 0 Å². The second-order valence-electron chi connectivity index (χ2n) is 3.82. The number of hydrogen-bond donors (Lipinski definition) is 0. The third kappa shape index (κ3) is 4.32. The van der Waals surface area contributed by atoms with Crippen molar-refractivity contribution in [1.29, 1.82) is 0 Å². The predicted molar refractivity (Wildman–Crippen MR) is 67.1 cm³/mol. The smallest absolute Gasteiger partial charge is 0.253 e. The van der Waals surface area contributed by atoms with E-state index >= 15 is 0 Å². The van der Waals surface area contributed by atoms with Gasteiger partial charge >= 0.3 is 0 Å². The first-order valence-corrected chi connectivity index (χ1v) is 6.08. The summed E-state index contributed by atoms with van der Waals surface area (Å²) in [5, 5.41) is 0. The van der Waals surface area contributed by atoms with E-state index in [2.05, 4.69) is 0 Å². The number of pyridine rings is 1. The third-order valence-corrected chi connectivity index (χ3v) is 2.52. The van der Waals surface area contributed by atoms with Gasteiger partial charge < -0.3 is 14.0 Å². The highest BCUT2D eigenvalue weighted by atomic mass is 16.7. The van der Waals surface area contributed by atoms with Gasteiger partial charge in [-0.2, -0.15) is 0 Å². The molecule has 0 saturated carbocycles. The van der Waals surface area contributed by atoms with Crippen LogP contribution in [0.1, 0.15) is 25.8 Å². The number of hydrogen-bond acceptors (Lipinski definition) is 3. The normalized spacial score (nSPS) is 11.1. The number of nitrogens with zero attached hydrogens (tertiary/aromatic N) is 1. The minimum Gasteiger partial charge on any atom is -0.353 e. The molecule has 0 aliphatic carbocycles. The molecule has 0 radical (unpaired) electrons. The molecule has 0 spiro atoms. The Morgan fingerprint density at radius 1 is 1.29 bits per heavy atom. The summed E-state index contributed by atoms with van der Waals surface area (Å²) >= 11 is 0. The molecule has 0 amide bonds. The molecule has 4 heteroatoms. The van der Waals surface area contributed by atoms with E-state index < -0.39 is 0 Å². The van der Waals surface area contributed by atoms with Gasteiger partial charge in [-0.05, 0) is 26.8 Å². The van der Waals surface area contributed by atoms with Gasteiger partial charge in [0.15, 0.2) is 6.29 Å². The number of aryl methyl sites for hydroxylation is 2. The van der Waals surface area contributed by atoms with E-state index in [0.29, 0.717) is 26.2 Å². The maximum Gasteiger partial charge on any atom is 0.253 e. The highest BCUT2D eigenvalue weighted by molar-refractivity contribution is 5.07.